The number of hydrogen-bond donors (Lipinski definition) is 1. The topological polar surface area (TPSA) is 58.6 Å². The number of carbonyl (C=O) groups is 2. The normalized spacial score (nSPS) is 14.5. The van der Waals surface area contributed by atoms with Crippen LogP contribution < -0.4 is 15.0 Å². The summed E-state index contributed by atoms with van der Waals surface area (Å²) in [5, 5.41) is 2.92. The highest BCUT2D eigenvalue weighted by molar-refractivity contribution is 9.10. The number of nitrogens with zero attached hydrogens (tertiary/aromatic N) is 1. The standard InChI is InChI=1S/C28H25BrN2O3S2/c1-16-8-9-23(17(2)10-16)31-27(33)24(36-28(31)35)14-20-6-5-7-22(13-20)34-15-25(32)30-26-18(3)11-21(29)12-19(26)4/h5-14H,15H2,1-4H3,(H,30,32)/b24-14-. The summed E-state index contributed by atoms with van der Waals surface area (Å²) in [6.07, 6.45) is 1.80. The highest BCUT2D eigenvalue weighted by atomic mass is 79.9. The van der Waals surface area contributed by atoms with E-state index in [1.807, 2.05) is 70.2 Å². The second-order valence-corrected chi connectivity index (χ2v) is 11.2. The number of hydrogen-bond acceptors (Lipinski definition) is 5. The van der Waals surface area contributed by atoms with Gasteiger partial charge < -0.3 is 10.1 Å². The molecule has 184 valence electrons. The third kappa shape index (κ3) is 5.88. The molecular weight excluding hydrogens is 556 g/mol. The van der Waals surface area contributed by atoms with Crippen molar-refractivity contribution < 1.29 is 14.3 Å². The minimum Gasteiger partial charge on any atom is -0.484 e. The summed E-state index contributed by atoms with van der Waals surface area (Å²) in [5.74, 6) is 0.138. The number of aryl methyl sites for hydroxylation is 4. The molecule has 5 nitrogen and oxygen atoms in total. The second-order valence-electron chi connectivity index (χ2n) is 8.63. The number of carbonyl (C=O) groups excluding carboxylic acids is 2. The maximum atomic E-state index is 13.2. The van der Waals surface area contributed by atoms with Gasteiger partial charge in [0.15, 0.2) is 10.9 Å². The molecule has 0 radical (unpaired) electrons. The molecule has 0 aliphatic carbocycles. The van der Waals surface area contributed by atoms with E-state index < -0.39 is 0 Å². The van der Waals surface area contributed by atoms with E-state index in [1.165, 1.54) is 11.8 Å². The van der Waals surface area contributed by atoms with Crippen molar-refractivity contribution in [3.05, 3.63) is 91.8 Å². The number of rotatable bonds is 6. The molecule has 2 amide bonds. The Morgan fingerprint density at radius 1 is 1.06 bits per heavy atom. The van der Waals surface area contributed by atoms with Crippen molar-refractivity contribution in [1.29, 1.82) is 0 Å². The first-order chi connectivity index (χ1) is 17.1. The van der Waals surface area contributed by atoms with Crippen LogP contribution in [0.4, 0.5) is 11.4 Å². The molecule has 1 fully saturated rings. The lowest BCUT2D eigenvalue weighted by Gasteiger charge is -2.17. The number of thioether (sulfide) groups is 1. The lowest BCUT2D eigenvalue weighted by atomic mass is 10.1. The Labute approximate surface area is 229 Å². The molecule has 0 spiro atoms. The molecule has 1 aliphatic rings. The fourth-order valence-electron chi connectivity index (χ4n) is 4.01. The van der Waals surface area contributed by atoms with Gasteiger partial charge in [-0.15, -0.1) is 0 Å². The molecule has 0 aromatic heterocycles. The number of thiocarbonyl (C=S) groups is 1. The molecule has 4 rings (SSSR count). The van der Waals surface area contributed by atoms with Crippen LogP contribution in [0, 0.1) is 27.7 Å². The molecule has 8 heteroatoms. The van der Waals surface area contributed by atoms with Crippen LogP contribution in [0.2, 0.25) is 0 Å². The molecule has 1 saturated heterocycles. The first-order valence-corrected chi connectivity index (χ1v) is 13.3. The average molecular weight is 582 g/mol. The van der Waals surface area contributed by atoms with Gasteiger partial charge in [-0.25, -0.2) is 0 Å². The highest BCUT2D eigenvalue weighted by Crippen LogP contribution is 2.37. The Morgan fingerprint density at radius 3 is 2.47 bits per heavy atom. The van der Waals surface area contributed by atoms with E-state index in [-0.39, 0.29) is 18.4 Å². The highest BCUT2D eigenvalue weighted by Gasteiger charge is 2.34. The van der Waals surface area contributed by atoms with Crippen LogP contribution >= 0.6 is 39.9 Å². The van der Waals surface area contributed by atoms with E-state index in [0.29, 0.717) is 15.0 Å². The predicted molar refractivity (Wildman–Crippen MR) is 156 cm³/mol. The van der Waals surface area contributed by atoms with Crippen molar-refractivity contribution >= 4 is 73.5 Å². The minimum atomic E-state index is -0.247. The van der Waals surface area contributed by atoms with Crippen LogP contribution in [0.3, 0.4) is 0 Å². The Kier molecular flexibility index (Phi) is 7.97. The van der Waals surface area contributed by atoms with Gasteiger partial charge >= 0.3 is 0 Å². The number of ether oxygens (including phenoxy) is 1. The molecule has 3 aromatic carbocycles. The fourth-order valence-corrected chi connectivity index (χ4v) is 5.98. The van der Waals surface area contributed by atoms with Crippen molar-refractivity contribution in [1.82, 2.24) is 0 Å². The van der Waals surface area contributed by atoms with E-state index >= 15 is 0 Å². The molecule has 0 unspecified atom stereocenters. The van der Waals surface area contributed by atoms with Gasteiger partial charge in [0.05, 0.1) is 10.6 Å². The summed E-state index contributed by atoms with van der Waals surface area (Å²) in [4.78, 5) is 27.8. The van der Waals surface area contributed by atoms with Crippen LogP contribution in [-0.2, 0) is 9.59 Å². The summed E-state index contributed by atoms with van der Waals surface area (Å²) in [7, 11) is 0. The number of anilines is 2. The van der Waals surface area contributed by atoms with E-state index in [1.54, 1.807) is 23.1 Å². The number of amides is 2. The molecule has 36 heavy (non-hydrogen) atoms. The van der Waals surface area contributed by atoms with Crippen molar-refractivity contribution in [2.24, 2.45) is 0 Å². The lowest BCUT2D eigenvalue weighted by molar-refractivity contribution is -0.118. The van der Waals surface area contributed by atoms with E-state index in [9.17, 15) is 9.59 Å². The maximum absolute atomic E-state index is 13.2. The predicted octanol–water partition coefficient (Wildman–Crippen LogP) is 7.11. The van der Waals surface area contributed by atoms with Crippen molar-refractivity contribution in [2.45, 2.75) is 27.7 Å². The number of benzene rings is 3. The molecule has 0 saturated carbocycles. The summed E-state index contributed by atoms with van der Waals surface area (Å²) >= 11 is 10.3. The Balaban J connectivity index is 1.45. The Morgan fingerprint density at radius 2 is 1.78 bits per heavy atom. The van der Waals surface area contributed by atoms with Crippen molar-refractivity contribution in [2.75, 3.05) is 16.8 Å². The van der Waals surface area contributed by atoms with Crippen LogP contribution in [0.5, 0.6) is 5.75 Å². The number of nitrogens with one attached hydrogen (secondary N) is 1. The molecule has 3 aromatic rings. The van der Waals surface area contributed by atoms with Gasteiger partial charge in [0.1, 0.15) is 5.75 Å². The van der Waals surface area contributed by atoms with Crippen LogP contribution in [-0.4, -0.2) is 22.7 Å². The molecular formula is C28H25BrN2O3S2. The second kappa shape index (κ2) is 11.0. The van der Waals surface area contributed by atoms with Gasteiger partial charge in [-0.3, -0.25) is 14.5 Å². The first-order valence-electron chi connectivity index (χ1n) is 11.3. The largest absolute Gasteiger partial charge is 0.484 e. The summed E-state index contributed by atoms with van der Waals surface area (Å²) < 4.78 is 7.20. The maximum Gasteiger partial charge on any atom is 0.270 e. The minimum absolute atomic E-state index is 0.132. The van der Waals surface area contributed by atoms with E-state index in [4.69, 9.17) is 17.0 Å². The van der Waals surface area contributed by atoms with Gasteiger partial charge in [0.2, 0.25) is 0 Å². The van der Waals surface area contributed by atoms with Crippen molar-refractivity contribution in [3.8, 4) is 5.75 Å². The van der Waals surface area contributed by atoms with E-state index in [2.05, 4.69) is 21.2 Å². The fraction of sp³-hybridized carbons (Fsp3) is 0.179. The zero-order chi connectivity index (χ0) is 26.0. The van der Waals surface area contributed by atoms with Gasteiger partial charge in [0, 0.05) is 10.2 Å². The van der Waals surface area contributed by atoms with Crippen molar-refractivity contribution in [3.63, 3.8) is 0 Å². The zero-order valence-electron chi connectivity index (χ0n) is 20.3. The van der Waals surface area contributed by atoms with E-state index in [0.717, 1.165) is 43.7 Å². The van der Waals surface area contributed by atoms with Gasteiger partial charge in [-0.05, 0) is 86.4 Å². The van der Waals surface area contributed by atoms with Gasteiger partial charge in [-0.1, -0.05) is 69.7 Å². The summed E-state index contributed by atoms with van der Waals surface area (Å²) in [5.41, 5.74) is 6.43. The molecule has 1 N–H and O–H groups in total. The molecule has 1 aliphatic heterocycles. The molecule has 0 atom stereocenters. The first kappa shape index (κ1) is 26.1. The van der Waals surface area contributed by atoms with Gasteiger partial charge in [0.25, 0.3) is 11.8 Å². The van der Waals surface area contributed by atoms with Crippen LogP contribution in [0.25, 0.3) is 6.08 Å². The Hall–Kier alpha value is -2.94. The zero-order valence-corrected chi connectivity index (χ0v) is 23.6. The average Bonchev–Trinajstić information content (AvgIpc) is 3.08. The van der Waals surface area contributed by atoms with Crippen LogP contribution in [0.1, 0.15) is 27.8 Å². The molecule has 0 bridgehead atoms. The lowest BCUT2D eigenvalue weighted by Crippen LogP contribution is -2.28. The molecule has 1 heterocycles. The summed E-state index contributed by atoms with van der Waals surface area (Å²) in [6, 6.07) is 17.1. The third-order valence-electron chi connectivity index (χ3n) is 5.67. The Bertz CT molecular complexity index is 1390. The smallest absolute Gasteiger partial charge is 0.270 e. The SMILES string of the molecule is Cc1ccc(N2C(=O)/C(=C/c3cccc(OCC(=O)Nc4c(C)cc(Br)cc4C)c3)SC2=S)c(C)c1. The summed E-state index contributed by atoms with van der Waals surface area (Å²) in [6.45, 7) is 7.75. The van der Waals surface area contributed by atoms with Gasteiger partial charge in [-0.2, -0.15) is 0 Å². The van der Waals surface area contributed by atoms with Crippen LogP contribution in [0.15, 0.2) is 64.0 Å². The third-order valence-corrected chi connectivity index (χ3v) is 7.43. The quantitative estimate of drug-likeness (QED) is 0.249. The number of halogens is 1. The monoisotopic (exact) mass is 580 g/mol.